The topological polar surface area (TPSA) is 174 Å². The van der Waals surface area contributed by atoms with Crippen molar-refractivity contribution in [2.45, 2.75) is 50.2 Å². The molecule has 2 amide bonds. The molecular weight excluding hydrogens is 630 g/mol. The van der Waals surface area contributed by atoms with Crippen LogP contribution in [0.3, 0.4) is 0 Å². The van der Waals surface area contributed by atoms with E-state index in [4.69, 9.17) is 13.9 Å². The highest BCUT2D eigenvalue weighted by Crippen LogP contribution is 2.25. The van der Waals surface area contributed by atoms with E-state index in [1.807, 2.05) is 13.8 Å². The maximum atomic E-state index is 13.4. The van der Waals surface area contributed by atoms with Crippen LogP contribution in [-0.2, 0) is 24.3 Å². The summed E-state index contributed by atoms with van der Waals surface area (Å²) in [7, 11) is -4.23. The molecule has 2 N–H and O–H groups in total. The number of benzene rings is 1. The third kappa shape index (κ3) is 8.66. The maximum Gasteiger partial charge on any atom is 0.323 e. The summed E-state index contributed by atoms with van der Waals surface area (Å²) >= 11 is 0. The van der Waals surface area contributed by atoms with Gasteiger partial charge in [0.15, 0.2) is 17.7 Å². The largest absolute Gasteiger partial charge is 0.618 e. The third-order valence-corrected chi connectivity index (χ3v) is 9.99. The molecule has 14 nitrogen and oxygen atoms in total. The predicted molar refractivity (Wildman–Crippen MR) is 170 cm³/mol. The van der Waals surface area contributed by atoms with Crippen LogP contribution in [0.4, 0.5) is 0 Å². The smallest absolute Gasteiger partial charge is 0.323 e. The highest BCUT2D eigenvalue weighted by atomic mass is 32.2. The second-order valence-electron chi connectivity index (χ2n) is 12.1. The molecule has 0 bridgehead atoms. The average Bonchev–Trinajstić information content (AvgIpc) is 3.38. The molecule has 1 aromatic carbocycles. The number of pyridine rings is 1. The third-order valence-electron chi connectivity index (χ3n) is 8.15. The minimum atomic E-state index is -4.23. The summed E-state index contributed by atoms with van der Waals surface area (Å²) in [5.41, 5.74) is 0.488. The van der Waals surface area contributed by atoms with Crippen molar-refractivity contribution < 1.29 is 41.4 Å². The Balaban J connectivity index is 1.20. The van der Waals surface area contributed by atoms with Gasteiger partial charge in [-0.3, -0.25) is 19.3 Å². The zero-order valence-corrected chi connectivity index (χ0v) is 27.4. The molecule has 254 valence electrons. The molecule has 2 aliphatic heterocycles. The van der Waals surface area contributed by atoms with Crippen LogP contribution in [0.2, 0.25) is 0 Å². The lowest BCUT2D eigenvalue weighted by molar-refractivity contribution is -0.646. The van der Waals surface area contributed by atoms with Gasteiger partial charge in [0.1, 0.15) is 24.0 Å². The number of nitrogens with zero attached hydrogens (tertiary/aromatic N) is 3. The van der Waals surface area contributed by atoms with Gasteiger partial charge in [0.05, 0.1) is 25.8 Å². The van der Waals surface area contributed by atoms with E-state index in [0.717, 1.165) is 43.4 Å². The first kappa shape index (κ1) is 34.3. The SMILES string of the molecule is CC(C)C[C@@H](NC(=O)c1cc2cc(OCCN3CCOCC3)ccc2o1)C(=O)NC1CCCN(S(=O)(=O)c2cccc[n+]2[O-])CC1=O. The Labute approximate surface area is 273 Å². The summed E-state index contributed by atoms with van der Waals surface area (Å²) < 4.78 is 44.5. The number of carbonyl (C=O) groups is 3. The van der Waals surface area contributed by atoms with E-state index >= 15 is 0 Å². The lowest BCUT2D eigenvalue weighted by Gasteiger charge is -2.26. The van der Waals surface area contributed by atoms with Gasteiger partial charge in [0.25, 0.3) is 5.91 Å². The Kier molecular flexibility index (Phi) is 11.1. The minimum absolute atomic E-state index is 0.00811. The molecule has 2 fully saturated rings. The van der Waals surface area contributed by atoms with E-state index in [-0.39, 0.29) is 42.2 Å². The molecule has 0 aliphatic carbocycles. The summed E-state index contributed by atoms with van der Waals surface area (Å²) in [6.07, 6.45) is 1.84. The van der Waals surface area contributed by atoms with E-state index in [1.54, 1.807) is 24.3 Å². The summed E-state index contributed by atoms with van der Waals surface area (Å²) in [4.78, 5) is 42.1. The van der Waals surface area contributed by atoms with Crippen molar-refractivity contribution in [2.75, 3.05) is 52.5 Å². The number of carbonyl (C=O) groups excluding carboxylic acids is 3. The highest BCUT2D eigenvalue weighted by Gasteiger charge is 2.37. The Morgan fingerprint density at radius 1 is 1.13 bits per heavy atom. The van der Waals surface area contributed by atoms with Crippen LogP contribution in [0.15, 0.2) is 58.1 Å². The fraction of sp³-hybridized carbons (Fsp3) is 0.500. The molecule has 2 atom stereocenters. The van der Waals surface area contributed by atoms with Crippen LogP contribution >= 0.6 is 0 Å². The number of Topliss-reactive ketones (excluding diaryl/α,β-unsaturated/α-hetero) is 1. The number of rotatable bonds is 12. The van der Waals surface area contributed by atoms with E-state index in [0.29, 0.717) is 23.3 Å². The van der Waals surface area contributed by atoms with E-state index in [1.165, 1.54) is 18.2 Å². The number of aromatic nitrogens is 1. The first-order chi connectivity index (χ1) is 22.5. The van der Waals surface area contributed by atoms with Gasteiger partial charge < -0.3 is 29.7 Å². The van der Waals surface area contributed by atoms with Crippen molar-refractivity contribution in [3.63, 3.8) is 0 Å². The van der Waals surface area contributed by atoms with Crippen molar-refractivity contribution in [3.05, 3.63) is 59.6 Å². The average molecular weight is 672 g/mol. The summed E-state index contributed by atoms with van der Waals surface area (Å²) in [6.45, 7) is 7.78. The van der Waals surface area contributed by atoms with Gasteiger partial charge in [0.2, 0.25) is 5.91 Å². The number of morpholine rings is 1. The van der Waals surface area contributed by atoms with Crippen molar-refractivity contribution in [1.82, 2.24) is 19.8 Å². The van der Waals surface area contributed by atoms with Gasteiger partial charge in [0, 0.05) is 43.7 Å². The minimum Gasteiger partial charge on any atom is -0.618 e. The van der Waals surface area contributed by atoms with Gasteiger partial charge in [-0.2, -0.15) is 9.04 Å². The molecule has 0 radical (unpaired) electrons. The first-order valence-corrected chi connectivity index (χ1v) is 17.2. The van der Waals surface area contributed by atoms with E-state index < -0.39 is 51.3 Å². The number of sulfonamides is 1. The normalized spacial score (nSPS) is 19.0. The summed E-state index contributed by atoms with van der Waals surface area (Å²) in [5, 5.41) is 17.8. The number of ether oxygens (including phenoxy) is 2. The van der Waals surface area contributed by atoms with Crippen LogP contribution in [0.25, 0.3) is 11.0 Å². The molecular formula is C32H41N5O9S. The quantitative estimate of drug-likeness (QED) is 0.212. The number of amides is 2. The second-order valence-corrected chi connectivity index (χ2v) is 14.0. The molecule has 0 spiro atoms. The second kappa shape index (κ2) is 15.2. The zero-order valence-electron chi connectivity index (χ0n) is 26.6. The summed E-state index contributed by atoms with van der Waals surface area (Å²) in [6, 6.07) is 8.96. The number of hydrogen-bond acceptors (Lipinski definition) is 10. The zero-order chi connectivity index (χ0) is 33.6. The van der Waals surface area contributed by atoms with Crippen LogP contribution < -0.4 is 20.1 Å². The predicted octanol–water partition coefficient (Wildman–Crippen LogP) is 1.46. The highest BCUT2D eigenvalue weighted by molar-refractivity contribution is 7.89. The van der Waals surface area contributed by atoms with Crippen molar-refractivity contribution in [3.8, 4) is 5.75 Å². The van der Waals surface area contributed by atoms with Crippen LogP contribution in [0.1, 0.15) is 43.7 Å². The van der Waals surface area contributed by atoms with Crippen LogP contribution in [0.5, 0.6) is 5.75 Å². The Morgan fingerprint density at radius 2 is 1.91 bits per heavy atom. The van der Waals surface area contributed by atoms with Crippen molar-refractivity contribution in [1.29, 1.82) is 0 Å². The Bertz CT molecular complexity index is 1690. The fourth-order valence-corrected chi connectivity index (χ4v) is 7.11. The van der Waals surface area contributed by atoms with Crippen LogP contribution in [-0.4, -0.2) is 99.8 Å². The molecule has 3 aromatic rings. The molecule has 15 heteroatoms. The maximum absolute atomic E-state index is 13.4. The van der Waals surface area contributed by atoms with Crippen molar-refractivity contribution in [2.24, 2.45) is 5.92 Å². The Hall–Kier alpha value is -4.05. The van der Waals surface area contributed by atoms with Crippen LogP contribution in [0, 0.1) is 11.1 Å². The van der Waals surface area contributed by atoms with Gasteiger partial charge in [-0.05, 0) is 55.5 Å². The molecule has 4 heterocycles. The molecule has 1 unspecified atom stereocenters. The molecule has 2 aliphatic rings. The standard InChI is InChI=1S/C32H41N5O9S/c1-22(2)18-26(31(39)33-25-6-5-10-36(21-27(25)38)47(42,43)30-7-3-4-11-37(30)41)34-32(40)29-20-23-19-24(8-9-28(23)46-29)45-17-14-35-12-15-44-16-13-35/h3-4,7-9,11,19-20,22,25-26H,5-6,10,12-18,21H2,1-2H3,(H,33,39)(H,34,40)/t25?,26-/m1/s1. The lowest BCUT2D eigenvalue weighted by Crippen LogP contribution is -2.52. The molecule has 47 heavy (non-hydrogen) atoms. The number of hydrogen-bond donors (Lipinski definition) is 2. The van der Waals surface area contributed by atoms with Gasteiger partial charge in [-0.15, -0.1) is 0 Å². The monoisotopic (exact) mass is 671 g/mol. The number of nitrogens with one attached hydrogen (secondary N) is 2. The fourth-order valence-electron chi connectivity index (χ4n) is 5.64. The Morgan fingerprint density at radius 3 is 2.66 bits per heavy atom. The van der Waals surface area contributed by atoms with Gasteiger partial charge >= 0.3 is 15.0 Å². The van der Waals surface area contributed by atoms with Gasteiger partial charge in [-0.1, -0.05) is 13.8 Å². The number of furan rings is 1. The molecule has 2 aromatic heterocycles. The van der Waals surface area contributed by atoms with Gasteiger partial charge in [-0.25, -0.2) is 8.42 Å². The number of ketones is 1. The lowest BCUT2D eigenvalue weighted by atomic mass is 10.0. The van der Waals surface area contributed by atoms with E-state index in [9.17, 15) is 28.0 Å². The van der Waals surface area contributed by atoms with Crippen molar-refractivity contribution >= 4 is 38.6 Å². The number of fused-ring (bicyclic) bond motifs is 1. The molecule has 2 saturated heterocycles. The first-order valence-electron chi connectivity index (χ1n) is 15.8. The molecule has 0 saturated carbocycles. The summed E-state index contributed by atoms with van der Waals surface area (Å²) in [5.74, 6) is -0.970. The van der Waals surface area contributed by atoms with E-state index in [2.05, 4.69) is 15.5 Å². The molecule has 5 rings (SSSR count).